The molecule has 0 radical (unpaired) electrons. The number of hydrogen-bond acceptors (Lipinski definition) is 3. The third-order valence-electron chi connectivity index (χ3n) is 5.41. The van der Waals surface area contributed by atoms with Crippen molar-refractivity contribution in [3.63, 3.8) is 0 Å². The molecule has 2 heterocycles. The molecule has 1 aliphatic carbocycles. The van der Waals surface area contributed by atoms with Gasteiger partial charge < -0.3 is 9.64 Å². The number of rotatable bonds is 4. The van der Waals surface area contributed by atoms with Gasteiger partial charge in [-0.15, -0.1) is 0 Å². The Morgan fingerprint density at radius 2 is 2.04 bits per heavy atom. The van der Waals surface area contributed by atoms with E-state index in [9.17, 15) is 4.79 Å². The Labute approximate surface area is 148 Å². The molecule has 1 aromatic carbocycles. The first-order valence-corrected chi connectivity index (χ1v) is 9.15. The average molecular weight is 339 g/mol. The van der Waals surface area contributed by atoms with E-state index >= 15 is 0 Å². The molecule has 1 amide bonds. The Balaban J connectivity index is 1.59. The van der Waals surface area contributed by atoms with Gasteiger partial charge in [0.1, 0.15) is 0 Å². The zero-order valence-electron chi connectivity index (χ0n) is 14.9. The van der Waals surface area contributed by atoms with Crippen LogP contribution in [-0.4, -0.2) is 40.3 Å². The summed E-state index contributed by atoms with van der Waals surface area (Å²) >= 11 is 0. The Morgan fingerprint density at radius 1 is 1.28 bits per heavy atom. The van der Waals surface area contributed by atoms with Crippen LogP contribution in [-0.2, 0) is 4.74 Å². The maximum atomic E-state index is 13.2. The van der Waals surface area contributed by atoms with Gasteiger partial charge in [-0.1, -0.05) is 30.3 Å². The number of aryl methyl sites for hydroxylation is 1. The number of carbonyl (C=O) groups excluding carboxylic acids is 1. The second-order valence-electron chi connectivity index (χ2n) is 7.19. The minimum atomic E-state index is -0.0474. The van der Waals surface area contributed by atoms with Gasteiger partial charge in [-0.05, 0) is 44.2 Å². The third kappa shape index (κ3) is 3.21. The van der Waals surface area contributed by atoms with Gasteiger partial charge in [0, 0.05) is 12.2 Å². The molecule has 1 aromatic heterocycles. The van der Waals surface area contributed by atoms with Crippen LogP contribution in [0.4, 0.5) is 0 Å². The Kier molecular flexibility index (Phi) is 4.34. The van der Waals surface area contributed by atoms with Crippen LogP contribution in [0.2, 0.25) is 0 Å². The molecule has 4 rings (SSSR count). The molecule has 2 aromatic rings. The van der Waals surface area contributed by atoms with Crippen molar-refractivity contribution in [2.24, 2.45) is 5.92 Å². The van der Waals surface area contributed by atoms with E-state index in [-0.39, 0.29) is 11.9 Å². The summed E-state index contributed by atoms with van der Waals surface area (Å²) in [6.07, 6.45) is 2.53. The normalized spacial score (nSPS) is 22.0. The maximum absolute atomic E-state index is 13.2. The second-order valence-corrected chi connectivity index (χ2v) is 7.19. The van der Waals surface area contributed by atoms with Crippen LogP contribution in [0.25, 0.3) is 0 Å². The molecule has 1 saturated carbocycles. The van der Waals surface area contributed by atoms with Gasteiger partial charge in [-0.3, -0.25) is 9.48 Å². The standard InChI is InChI=1S/C20H25N3O2/c1-14-12-18(21-23(14)15(2)16-8-9-16)20(24)22-10-11-25-13-19(22)17-6-4-3-5-7-17/h3-7,12,15-16,19H,8-11,13H2,1-2H3/t15-,19-/m1/s1. The van der Waals surface area contributed by atoms with Gasteiger partial charge in [0.15, 0.2) is 5.69 Å². The lowest BCUT2D eigenvalue weighted by atomic mass is 10.0. The van der Waals surface area contributed by atoms with Crippen molar-refractivity contribution >= 4 is 5.91 Å². The Bertz CT molecular complexity index is 752. The highest BCUT2D eigenvalue weighted by atomic mass is 16.5. The van der Waals surface area contributed by atoms with Crippen LogP contribution in [0.1, 0.15) is 53.6 Å². The summed E-state index contributed by atoms with van der Waals surface area (Å²) in [5.41, 5.74) is 2.72. The zero-order valence-corrected chi connectivity index (χ0v) is 14.9. The minimum Gasteiger partial charge on any atom is -0.377 e. The monoisotopic (exact) mass is 339 g/mol. The molecule has 2 fully saturated rings. The van der Waals surface area contributed by atoms with Gasteiger partial charge >= 0.3 is 0 Å². The van der Waals surface area contributed by atoms with Crippen molar-refractivity contribution in [2.75, 3.05) is 19.8 Å². The number of morpholine rings is 1. The van der Waals surface area contributed by atoms with E-state index in [1.807, 2.05) is 40.8 Å². The van der Waals surface area contributed by atoms with Gasteiger partial charge in [-0.2, -0.15) is 5.10 Å². The summed E-state index contributed by atoms with van der Waals surface area (Å²) in [6.45, 7) is 5.95. The highest BCUT2D eigenvalue weighted by molar-refractivity contribution is 5.92. The van der Waals surface area contributed by atoms with Crippen LogP contribution in [0.5, 0.6) is 0 Å². The average Bonchev–Trinajstić information content (AvgIpc) is 3.43. The molecule has 132 valence electrons. The van der Waals surface area contributed by atoms with E-state index in [2.05, 4.69) is 24.2 Å². The number of hydrogen-bond donors (Lipinski definition) is 0. The lowest BCUT2D eigenvalue weighted by molar-refractivity contribution is -0.00306. The fraction of sp³-hybridized carbons (Fsp3) is 0.500. The smallest absolute Gasteiger partial charge is 0.275 e. The summed E-state index contributed by atoms with van der Waals surface area (Å²) in [4.78, 5) is 15.1. The summed E-state index contributed by atoms with van der Waals surface area (Å²) < 4.78 is 7.67. The lowest BCUT2D eigenvalue weighted by Gasteiger charge is -2.35. The first-order chi connectivity index (χ1) is 12.1. The predicted molar refractivity (Wildman–Crippen MR) is 95.4 cm³/mol. The molecular formula is C20H25N3O2. The summed E-state index contributed by atoms with van der Waals surface area (Å²) in [5, 5.41) is 4.66. The molecule has 0 unspecified atom stereocenters. The Morgan fingerprint density at radius 3 is 2.76 bits per heavy atom. The summed E-state index contributed by atoms with van der Waals surface area (Å²) in [5.74, 6) is 0.712. The van der Waals surface area contributed by atoms with Crippen molar-refractivity contribution in [3.05, 3.63) is 53.3 Å². The topological polar surface area (TPSA) is 47.4 Å². The Hall–Kier alpha value is -2.14. The van der Waals surface area contributed by atoms with Gasteiger partial charge in [0.05, 0.1) is 25.3 Å². The van der Waals surface area contributed by atoms with E-state index in [1.165, 1.54) is 12.8 Å². The van der Waals surface area contributed by atoms with Crippen LogP contribution in [0, 0.1) is 12.8 Å². The van der Waals surface area contributed by atoms with Gasteiger partial charge in [-0.25, -0.2) is 0 Å². The number of nitrogens with zero attached hydrogens (tertiary/aromatic N) is 3. The van der Waals surface area contributed by atoms with Crippen molar-refractivity contribution in [2.45, 2.75) is 38.8 Å². The lowest BCUT2D eigenvalue weighted by Crippen LogP contribution is -2.43. The summed E-state index contributed by atoms with van der Waals surface area (Å²) in [7, 11) is 0. The first-order valence-electron chi connectivity index (χ1n) is 9.15. The fourth-order valence-corrected chi connectivity index (χ4v) is 3.73. The molecule has 1 saturated heterocycles. The number of ether oxygens (including phenoxy) is 1. The van der Waals surface area contributed by atoms with Crippen LogP contribution >= 0.6 is 0 Å². The van der Waals surface area contributed by atoms with Crippen LogP contribution in [0.3, 0.4) is 0 Å². The van der Waals surface area contributed by atoms with E-state index in [1.54, 1.807) is 0 Å². The number of carbonyl (C=O) groups is 1. The highest BCUT2D eigenvalue weighted by Gasteiger charge is 2.33. The molecule has 0 bridgehead atoms. The van der Waals surface area contributed by atoms with E-state index in [4.69, 9.17) is 4.74 Å². The highest BCUT2D eigenvalue weighted by Crippen LogP contribution is 2.39. The number of benzene rings is 1. The minimum absolute atomic E-state index is 0.00185. The number of aromatic nitrogens is 2. The van der Waals surface area contributed by atoms with Gasteiger partial charge in [0.25, 0.3) is 5.91 Å². The van der Waals surface area contributed by atoms with Gasteiger partial charge in [0.2, 0.25) is 0 Å². The molecule has 1 aliphatic heterocycles. The molecule has 0 N–H and O–H groups in total. The molecular weight excluding hydrogens is 314 g/mol. The summed E-state index contributed by atoms with van der Waals surface area (Å²) in [6, 6.07) is 12.4. The molecule has 2 aliphatic rings. The van der Waals surface area contributed by atoms with E-state index in [0.717, 1.165) is 11.3 Å². The molecule has 2 atom stereocenters. The number of amides is 1. The largest absolute Gasteiger partial charge is 0.377 e. The van der Waals surface area contributed by atoms with Crippen molar-refractivity contribution in [1.29, 1.82) is 0 Å². The van der Waals surface area contributed by atoms with Crippen LogP contribution in [0.15, 0.2) is 36.4 Å². The molecule has 5 nitrogen and oxygen atoms in total. The first kappa shape index (κ1) is 16.3. The van der Waals surface area contributed by atoms with Crippen molar-refractivity contribution in [3.8, 4) is 0 Å². The van der Waals surface area contributed by atoms with Crippen molar-refractivity contribution in [1.82, 2.24) is 14.7 Å². The predicted octanol–water partition coefficient (Wildman–Crippen LogP) is 3.38. The quantitative estimate of drug-likeness (QED) is 0.858. The van der Waals surface area contributed by atoms with E-state index < -0.39 is 0 Å². The van der Waals surface area contributed by atoms with Crippen molar-refractivity contribution < 1.29 is 9.53 Å². The van der Waals surface area contributed by atoms with E-state index in [0.29, 0.717) is 37.4 Å². The second kappa shape index (κ2) is 6.64. The maximum Gasteiger partial charge on any atom is 0.275 e. The third-order valence-corrected chi connectivity index (χ3v) is 5.41. The SMILES string of the molecule is Cc1cc(C(=O)N2CCOC[C@@H]2c2ccccc2)nn1[C@H](C)C1CC1. The molecule has 25 heavy (non-hydrogen) atoms. The molecule has 0 spiro atoms. The zero-order chi connectivity index (χ0) is 17.4. The fourth-order valence-electron chi connectivity index (χ4n) is 3.73. The molecule has 5 heteroatoms. The van der Waals surface area contributed by atoms with Crippen LogP contribution < -0.4 is 0 Å².